The topological polar surface area (TPSA) is 15.3 Å². The molecule has 3 rings (SSSR count). The highest BCUT2D eigenvalue weighted by Crippen LogP contribution is 2.34. The van der Waals surface area contributed by atoms with Crippen LogP contribution in [0.4, 0.5) is 0 Å². The SMILES string of the molecule is CC1CC(NC2CCCCC2c2ccccc2)CCN1C. The number of rotatable bonds is 3. The minimum absolute atomic E-state index is 0.682. The van der Waals surface area contributed by atoms with Gasteiger partial charge in [-0.15, -0.1) is 0 Å². The van der Waals surface area contributed by atoms with E-state index >= 15 is 0 Å². The summed E-state index contributed by atoms with van der Waals surface area (Å²) in [4.78, 5) is 2.49. The van der Waals surface area contributed by atoms with Gasteiger partial charge in [-0.05, 0) is 57.7 Å². The van der Waals surface area contributed by atoms with Crippen LogP contribution in [0.15, 0.2) is 30.3 Å². The Morgan fingerprint density at radius 1 is 1.05 bits per heavy atom. The summed E-state index contributed by atoms with van der Waals surface area (Å²) in [6, 6.07) is 13.3. The number of benzene rings is 1. The van der Waals surface area contributed by atoms with Gasteiger partial charge in [-0.1, -0.05) is 43.2 Å². The van der Waals surface area contributed by atoms with Crippen LogP contribution in [0.5, 0.6) is 0 Å². The summed E-state index contributed by atoms with van der Waals surface area (Å²) in [6.45, 7) is 3.60. The van der Waals surface area contributed by atoms with Crippen molar-refractivity contribution in [2.75, 3.05) is 13.6 Å². The zero-order valence-corrected chi connectivity index (χ0v) is 13.6. The van der Waals surface area contributed by atoms with E-state index in [0.29, 0.717) is 12.1 Å². The average Bonchev–Trinajstić information content (AvgIpc) is 2.52. The molecule has 1 aromatic rings. The molecule has 1 aliphatic carbocycles. The van der Waals surface area contributed by atoms with E-state index in [1.165, 1.54) is 50.6 Å². The summed E-state index contributed by atoms with van der Waals surface area (Å²) < 4.78 is 0. The number of piperidine rings is 1. The molecule has 1 saturated carbocycles. The maximum Gasteiger partial charge on any atom is 0.0138 e. The Hall–Kier alpha value is -0.860. The second kappa shape index (κ2) is 6.93. The van der Waals surface area contributed by atoms with Crippen molar-refractivity contribution in [2.45, 2.75) is 69.5 Å². The molecule has 1 heterocycles. The molecule has 116 valence electrons. The normalized spacial score (nSPS) is 34.8. The monoisotopic (exact) mass is 286 g/mol. The molecule has 4 unspecified atom stereocenters. The molecule has 2 nitrogen and oxygen atoms in total. The van der Waals surface area contributed by atoms with Crippen molar-refractivity contribution >= 4 is 0 Å². The number of nitrogens with zero attached hydrogens (tertiary/aromatic N) is 1. The summed E-state index contributed by atoms with van der Waals surface area (Å²) in [5.41, 5.74) is 1.54. The van der Waals surface area contributed by atoms with E-state index in [1.54, 1.807) is 0 Å². The quantitative estimate of drug-likeness (QED) is 0.909. The van der Waals surface area contributed by atoms with Gasteiger partial charge in [-0.25, -0.2) is 0 Å². The van der Waals surface area contributed by atoms with Gasteiger partial charge in [0.2, 0.25) is 0 Å². The van der Waals surface area contributed by atoms with E-state index in [1.807, 2.05) is 0 Å². The van der Waals surface area contributed by atoms with Gasteiger partial charge in [0.15, 0.2) is 0 Å². The Balaban J connectivity index is 1.65. The molecule has 0 spiro atoms. The van der Waals surface area contributed by atoms with E-state index in [2.05, 4.69) is 54.5 Å². The molecule has 2 fully saturated rings. The van der Waals surface area contributed by atoms with Crippen molar-refractivity contribution in [1.82, 2.24) is 10.2 Å². The molecule has 1 saturated heterocycles. The van der Waals surface area contributed by atoms with E-state index in [0.717, 1.165) is 12.0 Å². The molecule has 0 radical (unpaired) electrons. The third-order valence-electron chi connectivity index (χ3n) is 5.65. The Labute approximate surface area is 129 Å². The summed E-state index contributed by atoms with van der Waals surface area (Å²) in [5.74, 6) is 0.718. The molecule has 1 aliphatic heterocycles. The van der Waals surface area contributed by atoms with Crippen molar-refractivity contribution in [3.8, 4) is 0 Å². The van der Waals surface area contributed by atoms with Crippen LogP contribution in [-0.4, -0.2) is 36.6 Å². The van der Waals surface area contributed by atoms with Crippen molar-refractivity contribution < 1.29 is 0 Å². The third kappa shape index (κ3) is 3.67. The zero-order valence-electron chi connectivity index (χ0n) is 13.6. The highest BCUT2D eigenvalue weighted by molar-refractivity contribution is 5.22. The summed E-state index contributed by atoms with van der Waals surface area (Å²) >= 11 is 0. The van der Waals surface area contributed by atoms with Gasteiger partial charge >= 0.3 is 0 Å². The summed E-state index contributed by atoms with van der Waals surface area (Å²) in [7, 11) is 2.26. The molecule has 1 N–H and O–H groups in total. The van der Waals surface area contributed by atoms with Crippen LogP contribution >= 0.6 is 0 Å². The van der Waals surface area contributed by atoms with Crippen molar-refractivity contribution in [1.29, 1.82) is 0 Å². The number of hydrogen-bond donors (Lipinski definition) is 1. The van der Waals surface area contributed by atoms with E-state index in [-0.39, 0.29) is 0 Å². The first-order valence-corrected chi connectivity index (χ1v) is 8.75. The fraction of sp³-hybridized carbons (Fsp3) is 0.684. The lowest BCUT2D eigenvalue weighted by Gasteiger charge is -2.40. The second-order valence-electron chi connectivity index (χ2n) is 7.13. The second-order valence-corrected chi connectivity index (χ2v) is 7.13. The van der Waals surface area contributed by atoms with E-state index in [4.69, 9.17) is 0 Å². The largest absolute Gasteiger partial charge is 0.311 e. The van der Waals surface area contributed by atoms with Crippen LogP contribution in [0.2, 0.25) is 0 Å². The predicted molar refractivity (Wildman–Crippen MR) is 89.7 cm³/mol. The number of hydrogen-bond acceptors (Lipinski definition) is 2. The Morgan fingerprint density at radius 2 is 1.81 bits per heavy atom. The van der Waals surface area contributed by atoms with Crippen LogP contribution in [0.25, 0.3) is 0 Å². The molecule has 21 heavy (non-hydrogen) atoms. The van der Waals surface area contributed by atoms with Crippen LogP contribution in [0, 0.1) is 0 Å². The average molecular weight is 286 g/mol. The Bertz CT molecular complexity index is 430. The lowest BCUT2D eigenvalue weighted by atomic mass is 9.79. The lowest BCUT2D eigenvalue weighted by Crippen LogP contribution is -2.50. The zero-order chi connectivity index (χ0) is 14.7. The smallest absolute Gasteiger partial charge is 0.0138 e. The van der Waals surface area contributed by atoms with Gasteiger partial charge in [0.25, 0.3) is 0 Å². The summed E-state index contributed by atoms with van der Waals surface area (Å²) in [6.07, 6.45) is 8.09. The van der Waals surface area contributed by atoms with E-state index in [9.17, 15) is 0 Å². The molecule has 0 bridgehead atoms. The van der Waals surface area contributed by atoms with Crippen LogP contribution in [0.1, 0.15) is 56.9 Å². The molecule has 0 amide bonds. The lowest BCUT2D eigenvalue weighted by molar-refractivity contribution is 0.153. The van der Waals surface area contributed by atoms with Crippen molar-refractivity contribution in [3.63, 3.8) is 0 Å². The standard InChI is InChI=1S/C19H30N2/c1-15-14-17(12-13-21(15)2)20-19-11-7-6-10-18(19)16-8-4-3-5-9-16/h3-5,8-9,15,17-20H,6-7,10-14H2,1-2H3. The fourth-order valence-electron chi connectivity index (χ4n) is 4.17. The maximum absolute atomic E-state index is 4.03. The highest BCUT2D eigenvalue weighted by Gasteiger charge is 2.30. The molecule has 1 aromatic carbocycles. The van der Waals surface area contributed by atoms with Crippen LogP contribution in [-0.2, 0) is 0 Å². The van der Waals surface area contributed by atoms with Gasteiger partial charge in [0.1, 0.15) is 0 Å². The minimum atomic E-state index is 0.682. The predicted octanol–water partition coefficient (Wildman–Crippen LogP) is 3.79. The first-order valence-electron chi connectivity index (χ1n) is 8.75. The van der Waals surface area contributed by atoms with Gasteiger partial charge in [0.05, 0.1) is 0 Å². The Kier molecular flexibility index (Phi) is 4.97. The minimum Gasteiger partial charge on any atom is -0.311 e. The molecule has 0 aromatic heterocycles. The van der Waals surface area contributed by atoms with Gasteiger partial charge < -0.3 is 10.2 Å². The van der Waals surface area contributed by atoms with Gasteiger partial charge in [0, 0.05) is 18.1 Å². The fourth-order valence-corrected chi connectivity index (χ4v) is 4.17. The van der Waals surface area contributed by atoms with E-state index < -0.39 is 0 Å². The molecular formula is C19H30N2. The van der Waals surface area contributed by atoms with Gasteiger partial charge in [-0.2, -0.15) is 0 Å². The molecular weight excluding hydrogens is 256 g/mol. The maximum atomic E-state index is 4.03. The van der Waals surface area contributed by atoms with Crippen molar-refractivity contribution in [2.24, 2.45) is 0 Å². The number of nitrogens with one attached hydrogen (secondary N) is 1. The van der Waals surface area contributed by atoms with Crippen LogP contribution in [0.3, 0.4) is 0 Å². The molecule has 4 atom stereocenters. The van der Waals surface area contributed by atoms with Gasteiger partial charge in [-0.3, -0.25) is 0 Å². The summed E-state index contributed by atoms with van der Waals surface area (Å²) in [5, 5.41) is 4.03. The highest BCUT2D eigenvalue weighted by atomic mass is 15.1. The number of likely N-dealkylation sites (tertiary alicyclic amines) is 1. The third-order valence-corrected chi connectivity index (χ3v) is 5.65. The molecule has 2 aliphatic rings. The Morgan fingerprint density at radius 3 is 2.57 bits per heavy atom. The first kappa shape index (κ1) is 15.1. The first-order chi connectivity index (χ1) is 10.2. The van der Waals surface area contributed by atoms with Crippen molar-refractivity contribution in [3.05, 3.63) is 35.9 Å². The molecule has 2 heteroatoms. The van der Waals surface area contributed by atoms with Crippen LogP contribution < -0.4 is 5.32 Å².